The number of fused-ring (bicyclic) bond motifs is 3. The molecule has 3 aliphatic heterocycles. The van der Waals surface area contributed by atoms with Gasteiger partial charge in [-0.1, -0.05) is 84.6 Å². The second-order valence-electron chi connectivity index (χ2n) is 13.0. The first-order valence-corrected chi connectivity index (χ1v) is 17.1. The fourth-order valence-corrected chi connectivity index (χ4v) is 8.15. The van der Waals surface area contributed by atoms with Crippen LogP contribution in [0.3, 0.4) is 0 Å². The third kappa shape index (κ3) is 5.89. The van der Waals surface area contributed by atoms with Crippen LogP contribution in [0.5, 0.6) is 5.75 Å². The van der Waals surface area contributed by atoms with E-state index in [1.165, 1.54) is 19.2 Å². The van der Waals surface area contributed by atoms with Crippen LogP contribution < -0.4 is 10.6 Å². The first-order valence-electron chi connectivity index (χ1n) is 17.1. The van der Waals surface area contributed by atoms with Crippen LogP contribution in [0.15, 0.2) is 103 Å². The van der Waals surface area contributed by atoms with Crippen LogP contribution in [0.25, 0.3) is 0 Å². The fourth-order valence-electron chi connectivity index (χ4n) is 8.15. The molecule has 12 heteroatoms. The Morgan fingerprint density at radius 3 is 2.21 bits per heavy atom. The summed E-state index contributed by atoms with van der Waals surface area (Å²) in [6.45, 7) is -0.272. The maximum atomic E-state index is 15.5. The number of amides is 3. The number of nitrogens with two attached hydrogens (primary N) is 1. The van der Waals surface area contributed by atoms with Crippen molar-refractivity contribution < 1.29 is 43.6 Å². The highest BCUT2D eigenvalue weighted by atomic mass is 16.6. The number of aliphatic hydroxyl groups is 1. The minimum atomic E-state index is -2.02. The number of carbonyl (C=O) groups is 4. The molecule has 1 spiro atoms. The highest BCUT2D eigenvalue weighted by molar-refractivity contribution is 6.23. The number of anilines is 1. The Kier molecular flexibility index (Phi) is 9.72. The lowest BCUT2D eigenvalue weighted by Gasteiger charge is -2.46. The van der Waals surface area contributed by atoms with Gasteiger partial charge in [0.2, 0.25) is 11.8 Å². The molecule has 4 aromatic carbocycles. The van der Waals surface area contributed by atoms with Crippen LogP contribution in [-0.2, 0) is 34.0 Å². The van der Waals surface area contributed by atoms with Gasteiger partial charge in [-0.3, -0.25) is 19.3 Å². The fraction of sp³-hybridized carbons (Fsp3) is 0.268. The number of carbonyl (C=O) groups excluding carboxylic acids is 4. The Morgan fingerprint density at radius 2 is 1.57 bits per heavy atom. The number of primary amides is 1. The molecule has 0 radical (unpaired) electrons. The number of morpholine rings is 1. The number of nitrogens with zero attached hydrogens (tertiary/aromatic N) is 2. The number of cyclic esters (lactones) is 1. The monoisotopic (exact) mass is 715 g/mol. The predicted octanol–water partition coefficient (Wildman–Crippen LogP) is 4.06. The maximum absolute atomic E-state index is 15.5. The summed E-state index contributed by atoms with van der Waals surface area (Å²) < 4.78 is 16.8. The van der Waals surface area contributed by atoms with Crippen molar-refractivity contribution in [1.82, 2.24) is 4.90 Å². The number of methoxy groups -OCH3 is 1. The van der Waals surface area contributed by atoms with E-state index in [1.54, 1.807) is 30.3 Å². The molecule has 2 saturated heterocycles. The standard InChI is InChI=1S/C41H37N3O9/c1-51-22-23-52-40(50)43-31-20-15-25(10-8-9-21-45)24-30(31)41(39(43)49)32(37(42)47)34-38(48)53-35(27-13-6-3-7-14-27)33(26-11-4-2-5-12-26)44(34)36(41)28-16-18-29(46)19-17-28/h2-7,11-20,24,32-36,45-46H,9,21-23H2,1H3,(H2,42,47). The van der Waals surface area contributed by atoms with E-state index >= 15 is 4.79 Å². The molecule has 53 heavy (non-hydrogen) atoms. The number of phenols is 1. The zero-order valence-corrected chi connectivity index (χ0v) is 28.8. The molecule has 0 saturated carbocycles. The lowest BCUT2D eigenvalue weighted by atomic mass is 9.65. The molecule has 0 aliphatic carbocycles. The number of benzene rings is 4. The van der Waals surface area contributed by atoms with E-state index in [4.69, 9.17) is 19.9 Å². The molecule has 3 aliphatic rings. The summed E-state index contributed by atoms with van der Waals surface area (Å²) >= 11 is 0. The number of phenolic OH excluding ortho intramolecular Hbond substituents is 1. The van der Waals surface area contributed by atoms with Crippen molar-refractivity contribution >= 4 is 29.6 Å². The molecule has 6 atom stereocenters. The van der Waals surface area contributed by atoms with Gasteiger partial charge in [-0.2, -0.15) is 0 Å². The van der Waals surface area contributed by atoms with Gasteiger partial charge in [0.25, 0.3) is 0 Å². The molecule has 0 bridgehead atoms. The molecule has 2 fully saturated rings. The van der Waals surface area contributed by atoms with Crippen molar-refractivity contribution in [2.75, 3.05) is 31.8 Å². The largest absolute Gasteiger partial charge is 0.508 e. The van der Waals surface area contributed by atoms with Crippen molar-refractivity contribution in [2.24, 2.45) is 11.7 Å². The zero-order valence-electron chi connectivity index (χ0n) is 28.8. The summed E-state index contributed by atoms with van der Waals surface area (Å²) in [7, 11) is 1.44. The predicted molar refractivity (Wildman–Crippen MR) is 191 cm³/mol. The van der Waals surface area contributed by atoms with Crippen molar-refractivity contribution in [3.8, 4) is 17.6 Å². The highest BCUT2D eigenvalue weighted by Crippen LogP contribution is 2.65. The minimum absolute atomic E-state index is 0.0495. The van der Waals surface area contributed by atoms with Crippen molar-refractivity contribution in [2.45, 2.75) is 36.1 Å². The first-order chi connectivity index (χ1) is 25.7. The highest BCUT2D eigenvalue weighted by Gasteiger charge is 2.75. The van der Waals surface area contributed by atoms with Gasteiger partial charge in [0.1, 0.15) is 29.9 Å². The molecule has 6 unspecified atom stereocenters. The van der Waals surface area contributed by atoms with Crippen LogP contribution >= 0.6 is 0 Å². The third-order valence-corrected chi connectivity index (χ3v) is 10.1. The van der Waals surface area contributed by atoms with Gasteiger partial charge < -0.3 is 30.2 Å². The summed E-state index contributed by atoms with van der Waals surface area (Å²) in [6.07, 6.45) is -1.72. The second-order valence-corrected chi connectivity index (χ2v) is 13.0. The van der Waals surface area contributed by atoms with Crippen molar-refractivity contribution in [3.63, 3.8) is 0 Å². The van der Waals surface area contributed by atoms with E-state index in [9.17, 15) is 24.6 Å². The number of esters is 1. The number of hydrogen-bond acceptors (Lipinski definition) is 10. The van der Waals surface area contributed by atoms with Crippen molar-refractivity contribution in [1.29, 1.82) is 0 Å². The van der Waals surface area contributed by atoms with Crippen LogP contribution in [0.4, 0.5) is 10.5 Å². The average molecular weight is 716 g/mol. The summed E-state index contributed by atoms with van der Waals surface area (Å²) in [6, 6.07) is 26.1. The van der Waals surface area contributed by atoms with Gasteiger partial charge in [-0.25, -0.2) is 9.69 Å². The number of rotatable bonds is 8. The first kappa shape index (κ1) is 35.4. The molecule has 270 valence electrons. The Labute approximate surface area is 305 Å². The Hall–Kier alpha value is -6.00. The summed E-state index contributed by atoms with van der Waals surface area (Å²) in [5.41, 5.74) is 6.96. The van der Waals surface area contributed by atoms with Gasteiger partial charge in [-0.15, -0.1) is 0 Å². The molecule has 3 heterocycles. The summed E-state index contributed by atoms with van der Waals surface area (Å²) in [4.78, 5) is 60.9. The van der Waals surface area contributed by atoms with Gasteiger partial charge in [0.05, 0.1) is 36.9 Å². The van der Waals surface area contributed by atoms with Crippen LogP contribution in [0.1, 0.15) is 52.4 Å². The molecular weight excluding hydrogens is 678 g/mol. The van der Waals surface area contributed by atoms with Gasteiger partial charge in [0, 0.05) is 19.1 Å². The summed E-state index contributed by atoms with van der Waals surface area (Å²) in [5.74, 6) is 1.70. The SMILES string of the molecule is COCCOC(=O)N1C(=O)C2(c3cc(C#CCCO)ccc31)C(C(N)=O)C1C(=O)OC(c3ccccc3)C(c3ccccc3)N1C2c1ccc(O)cc1. The second kappa shape index (κ2) is 14.6. The van der Waals surface area contributed by atoms with E-state index in [1.807, 2.05) is 65.6 Å². The number of imide groups is 1. The quantitative estimate of drug-likeness (QED) is 0.137. The molecule has 7 rings (SSSR count). The number of aromatic hydroxyl groups is 1. The zero-order chi connectivity index (χ0) is 37.3. The summed E-state index contributed by atoms with van der Waals surface area (Å²) in [5, 5.41) is 19.8. The van der Waals surface area contributed by atoms with Crippen LogP contribution in [0, 0.1) is 17.8 Å². The van der Waals surface area contributed by atoms with Crippen LogP contribution in [0.2, 0.25) is 0 Å². The van der Waals surface area contributed by atoms with E-state index in [0.29, 0.717) is 16.7 Å². The van der Waals surface area contributed by atoms with E-state index in [2.05, 4.69) is 11.8 Å². The Bertz CT molecular complexity index is 2100. The van der Waals surface area contributed by atoms with E-state index in [-0.39, 0.29) is 43.2 Å². The van der Waals surface area contributed by atoms with Gasteiger partial charge >= 0.3 is 12.1 Å². The third-order valence-electron chi connectivity index (χ3n) is 10.1. The lowest BCUT2D eigenvalue weighted by Crippen LogP contribution is -2.55. The van der Waals surface area contributed by atoms with Crippen molar-refractivity contribution in [3.05, 3.63) is 131 Å². The van der Waals surface area contributed by atoms with E-state index in [0.717, 1.165) is 10.5 Å². The Balaban J connectivity index is 1.55. The topological polar surface area (TPSA) is 169 Å². The molecule has 4 aromatic rings. The minimum Gasteiger partial charge on any atom is -0.508 e. The normalized spacial score (nSPS) is 24.6. The average Bonchev–Trinajstić information content (AvgIpc) is 3.62. The number of ether oxygens (including phenoxy) is 3. The smallest absolute Gasteiger partial charge is 0.421 e. The van der Waals surface area contributed by atoms with Gasteiger partial charge in [0.15, 0.2) is 0 Å². The molecule has 0 aromatic heterocycles. The number of hydrogen-bond donors (Lipinski definition) is 3. The van der Waals surface area contributed by atoms with Gasteiger partial charge in [-0.05, 0) is 52.6 Å². The maximum Gasteiger partial charge on any atom is 0.421 e. The molecule has 4 N–H and O–H groups in total. The molecule has 12 nitrogen and oxygen atoms in total. The van der Waals surface area contributed by atoms with E-state index < -0.39 is 59.4 Å². The Morgan fingerprint density at radius 1 is 0.887 bits per heavy atom. The molecular formula is C41H37N3O9. The lowest BCUT2D eigenvalue weighted by molar-refractivity contribution is -0.178. The number of aliphatic hydroxyl groups excluding tert-OH is 1. The molecule has 3 amide bonds. The van der Waals surface area contributed by atoms with Crippen LogP contribution in [-0.4, -0.2) is 72.0 Å².